The molecular formula is C40H79NO2. The summed E-state index contributed by atoms with van der Waals surface area (Å²) in [5.41, 5.74) is 0. The number of carbonyl (C=O) groups is 2. The Labute approximate surface area is 271 Å². The van der Waals surface area contributed by atoms with Crippen LogP contribution < -0.4 is 0 Å². The number of carbonyl (C=O) groups excluding carboxylic acids is 2. The van der Waals surface area contributed by atoms with E-state index in [4.69, 9.17) is 0 Å². The predicted octanol–water partition coefficient (Wildman–Crippen LogP) is 13.3. The molecule has 0 aliphatic carbocycles. The first-order valence-corrected chi connectivity index (χ1v) is 20.0. The van der Waals surface area contributed by atoms with E-state index in [9.17, 15) is 9.59 Å². The number of nitrogens with zero attached hydrogens (tertiary/aromatic N) is 1. The maximum Gasteiger partial charge on any atom is 0.222 e. The van der Waals surface area contributed by atoms with Gasteiger partial charge in [0.15, 0.2) is 0 Å². The number of aldehydes is 1. The largest absolute Gasteiger partial charge is 0.343 e. The van der Waals surface area contributed by atoms with Crippen molar-refractivity contribution >= 4 is 12.2 Å². The van der Waals surface area contributed by atoms with Crippen molar-refractivity contribution in [3.8, 4) is 0 Å². The summed E-state index contributed by atoms with van der Waals surface area (Å²) in [5.74, 6) is 0.189. The summed E-state index contributed by atoms with van der Waals surface area (Å²) in [6, 6.07) is 0. The van der Waals surface area contributed by atoms with E-state index in [1.54, 1.807) is 0 Å². The molecule has 3 nitrogen and oxygen atoms in total. The second-order valence-corrected chi connectivity index (χ2v) is 13.7. The third-order valence-corrected chi connectivity index (χ3v) is 9.39. The lowest BCUT2D eigenvalue weighted by molar-refractivity contribution is -0.132. The van der Waals surface area contributed by atoms with Gasteiger partial charge in [-0.2, -0.15) is 0 Å². The van der Waals surface area contributed by atoms with Crippen LogP contribution in [-0.2, 0) is 9.59 Å². The van der Waals surface area contributed by atoms with Gasteiger partial charge >= 0.3 is 0 Å². The van der Waals surface area contributed by atoms with Crippen molar-refractivity contribution < 1.29 is 9.59 Å². The summed E-state index contributed by atoms with van der Waals surface area (Å²) in [6.07, 6.45) is 45.6. The highest BCUT2D eigenvalue weighted by molar-refractivity contribution is 5.78. The SMILES string of the molecule is CCCCCCCCCCCCCCCCCCN(CCCCCCCCCCCCCCCCCC)C(=O)CCC=O. The van der Waals surface area contributed by atoms with Crippen molar-refractivity contribution in [1.29, 1.82) is 0 Å². The van der Waals surface area contributed by atoms with Gasteiger partial charge in [0.2, 0.25) is 5.91 Å². The van der Waals surface area contributed by atoms with Crippen LogP contribution in [0.3, 0.4) is 0 Å². The van der Waals surface area contributed by atoms with Gasteiger partial charge in [-0.25, -0.2) is 0 Å². The second kappa shape index (κ2) is 37.3. The lowest BCUT2D eigenvalue weighted by atomic mass is 10.0. The monoisotopic (exact) mass is 606 g/mol. The fraction of sp³-hybridized carbons (Fsp3) is 0.950. The molecule has 0 saturated heterocycles. The maximum absolute atomic E-state index is 12.7. The van der Waals surface area contributed by atoms with Crippen molar-refractivity contribution in [3.05, 3.63) is 0 Å². The van der Waals surface area contributed by atoms with Gasteiger partial charge in [-0.3, -0.25) is 4.79 Å². The van der Waals surface area contributed by atoms with Gasteiger partial charge in [-0.1, -0.05) is 206 Å². The van der Waals surface area contributed by atoms with Gasteiger partial charge < -0.3 is 9.69 Å². The van der Waals surface area contributed by atoms with E-state index >= 15 is 0 Å². The fourth-order valence-corrected chi connectivity index (χ4v) is 6.40. The van der Waals surface area contributed by atoms with Gasteiger partial charge in [0.25, 0.3) is 0 Å². The van der Waals surface area contributed by atoms with Crippen LogP contribution in [0.2, 0.25) is 0 Å². The zero-order valence-electron chi connectivity index (χ0n) is 29.8. The van der Waals surface area contributed by atoms with Gasteiger partial charge in [0.1, 0.15) is 6.29 Å². The molecule has 0 fully saturated rings. The fourth-order valence-electron chi connectivity index (χ4n) is 6.40. The first-order chi connectivity index (χ1) is 21.3. The minimum Gasteiger partial charge on any atom is -0.343 e. The van der Waals surface area contributed by atoms with Gasteiger partial charge in [-0.15, -0.1) is 0 Å². The molecule has 0 aliphatic rings. The molecule has 0 bridgehead atoms. The number of unbranched alkanes of at least 4 members (excludes halogenated alkanes) is 30. The van der Waals surface area contributed by atoms with Crippen molar-refractivity contribution in [2.24, 2.45) is 0 Å². The van der Waals surface area contributed by atoms with Crippen molar-refractivity contribution in [1.82, 2.24) is 4.90 Å². The Morgan fingerprint density at radius 2 is 0.628 bits per heavy atom. The summed E-state index contributed by atoms with van der Waals surface area (Å²) in [6.45, 7) is 6.35. The van der Waals surface area contributed by atoms with Gasteiger partial charge in [0, 0.05) is 25.9 Å². The van der Waals surface area contributed by atoms with Crippen LogP contribution >= 0.6 is 0 Å². The summed E-state index contributed by atoms with van der Waals surface area (Å²) >= 11 is 0. The normalized spacial score (nSPS) is 11.3. The highest BCUT2D eigenvalue weighted by atomic mass is 16.2. The Hall–Kier alpha value is -0.860. The van der Waals surface area contributed by atoms with E-state index < -0.39 is 0 Å². The van der Waals surface area contributed by atoms with Crippen molar-refractivity contribution in [3.63, 3.8) is 0 Å². The molecule has 43 heavy (non-hydrogen) atoms. The smallest absolute Gasteiger partial charge is 0.222 e. The molecule has 0 heterocycles. The summed E-state index contributed by atoms with van der Waals surface area (Å²) in [4.78, 5) is 25.5. The Balaban J connectivity index is 3.66. The molecule has 0 aromatic heterocycles. The van der Waals surface area contributed by atoms with E-state index in [-0.39, 0.29) is 5.91 Å². The Morgan fingerprint density at radius 1 is 0.395 bits per heavy atom. The molecule has 3 heteroatoms. The molecule has 0 aliphatic heterocycles. The zero-order chi connectivity index (χ0) is 31.3. The predicted molar refractivity (Wildman–Crippen MR) is 191 cm³/mol. The second-order valence-electron chi connectivity index (χ2n) is 13.7. The molecular weight excluding hydrogens is 526 g/mol. The number of amides is 1. The summed E-state index contributed by atoms with van der Waals surface area (Å²) < 4.78 is 0. The topological polar surface area (TPSA) is 37.4 Å². The van der Waals surface area contributed by atoms with Crippen LogP contribution in [0.15, 0.2) is 0 Å². The summed E-state index contributed by atoms with van der Waals surface area (Å²) in [7, 11) is 0. The molecule has 0 N–H and O–H groups in total. The highest BCUT2D eigenvalue weighted by Crippen LogP contribution is 2.16. The Bertz CT molecular complexity index is 513. The van der Waals surface area contributed by atoms with Gasteiger partial charge in [-0.05, 0) is 12.8 Å². The lowest BCUT2D eigenvalue weighted by Gasteiger charge is -2.22. The van der Waals surface area contributed by atoms with E-state index in [2.05, 4.69) is 18.7 Å². The molecule has 0 atom stereocenters. The third kappa shape index (κ3) is 33.9. The average molecular weight is 606 g/mol. The summed E-state index contributed by atoms with van der Waals surface area (Å²) in [5, 5.41) is 0. The molecule has 0 saturated carbocycles. The van der Waals surface area contributed by atoms with Crippen LogP contribution in [0.1, 0.15) is 232 Å². The number of hydrogen-bond donors (Lipinski definition) is 0. The van der Waals surface area contributed by atoms with Crippen molar-refractivity contribution in [2.75, 3.05) is 13.1 Å². The zero-order valence-corrected chi connectivity index (χ0v) is 29.8. The number of rotatable bonds is 37. The Morgan fingerprint density at radius 3 is 0.860 bits per heavy atom. The van der Waals surface area contributed by atoms with Crippen molar-refractivity contribution in [2.45, 2.75) is 232 Å². The molecule has 0 rings (SSSR count). The molecule has 0 radical (unpaired) electrons. The lowest BCUT2D eigenvalue weighted by Crippen LogP contribution is -2.32. The van der Waals surface area contributed by atoms with Crippen LogP contribution in [0.4, 0.5) is 0 Å². The average Bonchev–Trinajstić information content (AvgIpc) is 3.02. The van der Waals surface area contributed by atoms with E-state index in [1.165, 1.54) is 193 Å². The van der Waals surface area contributed by atoms with Gasteiger partial charge in [0.05, 0.1) is 0 Å². The molecule has 256 valence electrons. The van der Waals surface area contributed by atoms with E-state index in [0.29, 0.717) is 12.8 Å². The molecule has 0 unspecified atom stereocenters. The minimum atomic E-state index is 0.189. The standard InChI is InChI=1S/C40H79NO2/c1-3-5-7-9-11-13-15-17-19-21-23-25-27-29-31-33-37-41(40(43)36-35-39-42)38-34-32-30-28-26-24-22-20-18-16-14-12-10-8-6-4-2/h39H,3-38H2,1-2H3. The quantitative estimate of drug-likeness (QED) is 0.0522. The molecule has 0 aromatic carbocycles. The van der Waals surface area contributed by atoms with Crippen LogP contribution in [0.25, 0.3) is 0 Å². The first kappa shape index (κ1) is 42.1. The van der Waals surface area contributed by atoms with Crippen LogP contribution in [0, 0.1) is 0 Å². The van der Waals surface area contributed by atoms with Crippen LogP contribution in [0.5, 0.6) is 0 Å². The third-order valence-electron chi connectivity index (χ3n) is 9.39. The molecule has 1 amide bonds. The highest BCUT2D eigenvalue weighted by Gasteiger charge is 2.12. The van der Waals surface area contributed by atoms with Crippen LogP contribution in [-0.4, -0.2) is 30.2 Å². The molecule has 0 aromatic rings. The first-order valence-electron chi connectivity index (χ1n) is 20.0. The molecule has 0 spiro atoms. The Kier molecular flexibility index (Phi) is 36.6. The number of hydrogen-bond acceptors (Lipinski definition) is 2. The van der Waals surface area contributed by atoms with E-state index in [1.807, 2.05) is 0 Å². The maximum atomic E-state index is 12.7. The van der Waals surface area contributed by atoms with E-state index in [0.717, 1.165) is 32.2 Å². The minimum absolute atomic E-state index is 0.189.